The van der Waals surface area contributed by atoms with Gasteiger partial charge in [0.25, 0.3) is 0 Å². The zero-order valence-corrected chi connectivity index (χ0v) is 11.3. The van der Waals surface area contributed by atoms with Crippen molar-refractivity contribution in [3.05, 3.63) is 29.8 Å². The van der Waals surface area contributed by atoms with Gasteiger partial charge in [0.1, 0.15) is 0 Å². The van der Waals surface area contributed by atoms with Gasteiger partial charge in [-0.05, 0) is 17.0 Å². The van der Waals surface area contributed by atoms with Crippen molar-refractivity contribution >= 4 is 23.2 Å². The van der Waals surface area contributed by atoms with E-state index in [-0.39, 0.29) is 16.7 Å². The molecule has 1 aromatic rings. The highest BCUT2D eigenvalue weighted by atomic mass is 35.5. The van der Waals surface area contributed by atoms with Crippen molar-refractivity contribution in [2.75, 3.05) is 11.4 Å². The molecule has 0 N–H and O–H groups in total. The summed E-state index contributed by atoms with van der Waals surface area (Å²) in [6, 6.07) is 8.08. The van der Waals surface area contributed by atoms with Crippen molar-refractivity contribution in [1.29, 1.82) is 0 Å². The number of alkyl halides is 1. The van der Waals surface area contributed by atoms with Gasteiger partial charge in [-0.25, -0.2) is 0 Å². The van der Waals surface area contributed by atoms with Crippen molar-refractivity contribution in [3.8, 4) is 0 Å². The fourth-order valence-electron chi connectivity index (χ4n) is 2.24. The zero-order valence-electron chi connectivity index (χ0n) is 10.5. The Kier molecular flexibility index (Phi) is 3.17. The van der Waals surface area contributed by atoms with Crippen LogP contribution in [0.25, 0.3) is 0 Å². The van der Waals surface area contributed by atoms with Crippen LogP contribution in [0.2, 0.25) is 0 Å². The Morgan fingerprint density at radius 3 is 2.47 bits per heavy atom. The molecular weight excluding hydrogens is 234 g/mol. The summed E-state index contributed by atoms with van der Waals surface area (Å²) < 4.78 is 0. The summed E-state index contributed by atoms with van der Waals surface area (Å²) >= 11 is 6.06. The smallest absolute Gasteiger partial charge is 0.228 e. The third kappa shape index (κ3) is 2.47. The van der Waals surface area contributed by atoms with Gasteiger partial charge >= 0.3 is 0 Å². The second-order valence-corrected chi connectivity index (χ2v) is 6.19. The van der Waals surface area contributed by atoms with Gasteiger partial charge in [0.05, 0.1) is 5.38 Å². The lowest BCUT2D eigenvalue weighted by molar-refractivity contribution is -0.117. The highest BCUT2D eigenvalue weighted by molar-refractivity contribution is 6.24. The minimum atomic E-state index is -0.0597. The number of rotatable bonds is 1. The van der Waals surface area contributed by atoms with Crippen molar-refractivity contribution < 1.29 is 4.79 Å². The lowest BCUT2D eigenvalue weighted by Gasteiger charge is -2.27. The van der Waals surface area contributed by atoms with Gasteiger partial charge in [0.2, 0.25) is 5.91 Å². The molecule has 1 fully saturated rings. The number of nitrogens with zero attached hydrogens (tertiary/aromatic N) is 1. The van der Waals surface area contributed by atoms with Crippen LogP contribution in [0.5, 0.6) is 0 Å². The summed E-state index contributed by atoms with van der Waals surface area (Å²) in [5.41, 5.74) is 2.23. The summed E-state index contributed by atoms with van der Waals surface area (Å²) in [6.45, 7) is 7.09. The van der Waals surface area contributed by atoms with Gasteiger partial charge in [0.15, 0.2) is 0 Å². The van der Waals surface area contributed by atoms with Crippen LogP contribution in [0.1, 0.15) is 32.8 Å². The van der Waals surface area contributed by atoms with Crippen LogP contribution < -0.4 is 4.90 Å². The Hall–Kier alpha value is -1.02. The van der Waals surface area contributed by atoms with Gasteiger partial charge < -0.3 is 4.90 Å². The first-order valence-electron chi connectivity index (χ1n) is 5.93. The minimum Gasteiger partial charge on any atom is -0.311 e. The number of benzene rings is 1. The van der Waals surface area contributed by atoms with E-state index in [0.717, 1.165) is 5.69 Å². The minimum absolute atomic E-state index is 0.0290. The number of amides is 1. The van der Waals surface area contributed by atoms with Crippen LogP contribution in [0.3, 0.4) is 0 Å². The molecule has 1 unspecified atom stereocenters. The quantitative estimate of drug-likeness (QED) is 0.701. The van der Waals surface area contributed by atoms with E-state index in [2.05, 4.69) is 26.8 Å². The molecule has 1 atom stereocenters. The van der Waals surface area contributed by atoms with Gasteiger partial charge in [0, 0.05) is 18.7 Å². The van der Waals surface area contributed by atoms with E-state index in [4.69, 9.17) is 11.6 Å². The summed E-state index contributed by atoms with van der Waals surface area (Å²) in [5.74, 6) is 0.127. The number of halogens is 1. The van der Waals surface area contributed by atoms with E-state index in [1.54, 1.807) is 0 Å². The highest BCUT2D eigenvalue weighted by Crippen LogP contribution is 2.34. The molecule has 1 amide bonds. The lowest BCUT2D eigenvalue weighted by Crippen LogP contribution is -2.28. The SMILES string of the molecule is CC(C)(C)c1ccccc1N1CC(Cl)CC1=O. The molecule has 3 heteroatoms. The second-order valence-electron chi connectivity index (χ2n) is 5.57. The van der Waals surface area contributed by atoms with E-state index in [9.17, 15) is 4.79 Å². The molecule has 0 aliphatic carbocycles. The first-order valence-corrected chi connectivity index (χ1v) is 6.37. The van der Waals surface area contributed by atoms with Crippen LogP contribution in [0, 0.1) is 0 Å². The lowest BCUT2D eigenvalue weighted by atomic mass is 9.85. The average molecular weight is 252 g/mol. The van der Waals surface area contributed by atoms with Crippen molar-refractivity contribution in [2.24, 2.45) is 0 Å². The monoisotopic (exact) mass is 251 g/mol. The van der Waals surface area contributed by atoms with Crippen LogP contribution in [0.15, 0.2) is 24.3 Å². The fraction of sp³-hybridized carbons (Fsp3) is 0.500. The number of para-hydroxylation sites is 1. The summed E-state index contributed by atoms with van der Waals surface area (Å²) in [4.78, 5) is 13.7. The van der Waals surface area contributed by atoms with Crippen LogP contribution in [0.4, 0.5) is 5.69 Å². The maximum atomic E-state index is 11.9. The van der Waals surface area contributed by atoms with Crippen molar-refractivity contribution in [2.45, 2.75) is 38.0 Å². The Balaban J connectivity index is 2.42. The molecule has 92 valence electrons. The normalized spacial score (nSPS) is 21.1. The first kappa shape index (κ1) is 12.4. The molecule has 1 aliphatic heterocycles. The fourth-order valence-corrected chi connectivity index (χ4v) is 2.51. The van der Waals surface area contributed by atoms with Crippen molar-refractivity contribution in [1.82, 2.24) is 0 Å². The molecule has 1 aromatic carbocycles. The topological polar surface area (TPSA) is 20.3 Å². The number of anilines is 1. The van der Waals surface area contributed by atoms with Crippen LogP contribution >= 0.6 is 11.6 Å². The van der Waals surface area contributed by atoms with E-state index in [1.807, 2.05) is 23.1 Å². The molecule has 0 bridgehead atoms. The molecule has 2 rings (SSSR count). The molecule has 0 radical (unpaired) electrons. The Morgan fingerprint density at radius 2 is 1.94 bits per heavy atom. The molecule has 1 saturated heterocycles. The summed E-state index contributed by atoms with van der Waals surface area (Å²) in [7, 11) is 0. The summed E-state index contributed by atoms with van der Waals surface area (Å²) in [6.07, 6.45) is 0.444. The van der Waals surface area contributed by atoms with Gasteiger partial charge in [-0.2, -0.15) is 0 Å². The molecule has 1 heterocycles. The maximum absolute atomic E-state index is 11.9. The molecule has 0 spiro atoms. The second kappa shape index (κ2) is 4.34. The number of carbonyl (C=O) groups excluding carboxylic acids is 1. The predicted molar refractivity (Wildman–Crippen MR) is 71.8 cm³/mol. The number of hydrogen-bond acceptors (Lipinski definition) is 1. The van der Waals surface area contributed by atoms with Crippen molar-refractivity contribution in [3.63, 3.8) is 0 Å². The predicted octanol–water partition coefficient (Wildman–Crippen LogP) is 3.33. The standard InChI is InChI=1S/C14H18ClNO/c1-14(2,3)11-6-4-5-7-12(11)16-9-10(15)8-13(16)17/h4-7,10H,8-9H2,1-3H3. The molecular formula is C14H18ClNO. The molecule has 0 saturated carbocycles. The van der Waals surface area contributed by atoms with E-state index in [1.165, 1.54) is 5.56 Å². The molecule has 1 aliphatic rings. The van der Waals surface area contributed by atoms with Gasteiger partial charge in [-0.1, -0.05) is 39.0 Å². The average Bonchev–Trinajstić information content (AvgIpc) is 2.56. The van der Waals surface area contributed by atoms with E-state index < -0.39 is 0 Å². The van der Waals surface area contributed by atoms with Crippen LogP contribution in [-0.2, 0) is 10.2 Å². The Labute approximate surface area is 108 Å². The van der Waals surface area contributed by atoms with Gasteiger partial charge in [-0.15, -0.1) is 11.6 Å². The largest absolute Gasteiger partial charge is 0.311 e. The molecule has 2 nitrogen and oxygen atoms in total. The number of hydrogen-bond donors (Lipinski definition) is 0. The summed E-state index contributed by atoms with van der Waals surface area (Å²) in [5, 5.41) is -0.0597. The first-order chi connectivity index (χ1) is 7.89. The third-order valence-corrected chi connectivity index (χ3v) is 3.37. The number of carbonyl (C=O) groups is 1. The maximum Gasteiger partial charge on any atom is 0.228 e. The van der Waals surface area contributed by atoms with E-state index >= 15 is 0 Å². The van der Waals surface area contributed by atoms with Gasteiger partial charge in [-0.3, -0.25) is 4.79 Å². The van der Waals surface area contributed by atoms with Crippen LogP contribution in [-0.4, -0.2) is 17.8 Å². The molecule has 0 aromatic heterocycles. The molecule has 17 heavy (non-hydrogen) atoms. The zero-order chi connectivity index (χ0) is 12.6. The Morgan fingerprint density at radius 1 is 1.29 bits per heavy atom. The Bertz CT molecular complexity index is 436. The van der Waals surface area contributed by atoms with E-state index in [0.29, 0.717) is 13.0 Å². The third-order valence-electron chi connectivity index (χ3n) is 3.08. The highest BCUT2D eigenvalue weighted by Gasteiger charge is 2.32.